The van der Waals surface area contributed by atoms with Crippen LogP contribution in [0.2, 0.25) is 0 Å². The third-order valence-corrected chi connectivity index (χ3v) is 3.64. The second-order valence-electron chi connectivity index (χ2n) is 5.99. The topological polar surface area (TPSA) is 114 Å². The fraction of sp³-hybridized carbons (Fsp3) is 0.533. The minimum absolute atomic E-state index is 0.0189. The largest absolute Gasteiger partial charge is 0.351 e. The van der Waals surface area contributed by atoms with Crippen molar-refractivity contribution < 1.29 is 9.32 Å². The second-order valence-corrected chi connectivity index (χ2v) is 5.99. The number of nitrogens with zero attached hydrogens (tertiary/aromatic N) is 3. The van der Waals surface area contributed by atoms with Crippen molar-refractivity contribution in [3.63, 3.8) is 0 Å². The van der Waals surface area contributed by atoms with Crippen molar-refractivity contribution in [1.82, 2.24) is 25.4 Å². The second kappa shape index (κ2) is 6.31. The average Bonchev–Trinajstić information content (AvgIpc) is 3.26. The molecule has 8 nitrogen and oxygen atoms in total. The quantitative estimate of drug-likeness (QED) is 0.825. The van der Waals surface area contributed by atoms with E-state index in [0.717, 1.165) is 12.8 Å². The third-order valence-electron chi connectivity index (χ3n) is 3.64. The molecular weight excluding hydrogens is 298 g/mol. The molecule has 0 bridgehead atoms. The molecule has 8 heteroatoms. The van der Waals surface area contributed by atoms with Gasteiger partial charge < -0.3 is 14.8 Å². The minimum atomic E-state index is -0.450. The summed E-state index contributed by atoms with van der Waals surface area (Å²) in [5.74, 6) is 1.83. The van der Waals surface area contributed by atoms with E-state index in [2.05, 4.69) is 25.4 Å². The zero-order valence-electron chi connectivity index (χ0n) is 13.1. The van der Waals surface area contributed by atoms with E-state index in [1.165, 1.54) is 6.20 Å². The van der Waals surface area contributed by atoms with Crippen molar-refractivity contribution in [1.29, 1.82) is 0 Å². The average molecular weight is 317 g/mol. The molecule has 1 saturated carbocycles. The fourth-order valence-electron chi connectivity index (χ4n) is 2.12. The van der Waals surface area contributed by atoms with Crippen LogP contribution in [-0.2, 0) is 6.42 Å². The van der Waals surface area contributed by atoms with Crippen LogP contribution >= 0.6 is 0 Å². The highest BCUT2D eigenvalue weighted by Crippen LogP contribution is 2.37. The zero-order valence-corrected chi connectivity index (χ0v) is 13.1. The van der Waals surface area contributed by atoms with Crippen molar-refractivity contribution in [2.75, 3.05) is 6.54 Å². The first kappa shape index (κ1) is 15.4. The Morgan fingerprint density at radius 2 is 2.26 bits per heavy atom. The summed E-state index contributed by atoms with van der Waals surface area (Å²) in [4.78, 5) is 35.0. The van der Waals surface area contributed by atoms with Crippen LogP contribution in [0.3, 0.4) is 0 Å². The van der Waals surface area contributed by atoms with Gasteiger partial charge in [-0.05, 0) is 12.8 Å². The molecule has 3 rings (SSSR count). The maximum absolute atomic E-state index is 12.0. The number of rotatable bonds is 6. The fourth-order valence-corrected chi connectivity index (χ4v) is 2.12. The predicted molar refractivity (Wildman–Crippen MR) is 81.3 cm³/mol. The van der Waals surface area contributed by atoms with Crippen molar-refractivity contribution in [2.45, 2.75) is 44.9 Å². The van der Waals surface area contributed by atoms with Gasteiger partial charge in [-0.1, -0.05) is 19.0 Å². The molecule has 0 spiro atoms. The SMILES string of the molecule is CC(C)c1nc(CCNC(=O)c2cnc(C3CC3)[nH]c2=O)no1. The van der Waals surface area contributed by atoms with Crippen molar-refractivity contribution >= 4 is 5.91 Å². The van der Waals surface area contributed by atoms with E-state index in [4.69, 9.17) is 4.52 Å². The van der Waals surface area contributed by atoms with Gasteiger partial charge in [0, 0.05) is 31.0 Å². The Morgan fingerprint density at radius 3 is 2.87 bits per heavy atom. The maximum Gasteiger partial charge on any atom is 0.263 e. The van der Waals surface area contributed by atoms with Crippen molar-refractivity contribution in [3.05, 3.63) is 39.7 Å². The Kier molecular flexibility index (Phi) is 4.22. The summed E-state index contributed by atoms with van der Waals surface area (Å²) in [5.41, 5.74) is -0.383. The van der Waals surface area contributed by atoms with Gasteiger partial charge in [0.2, 0.25) is 5.89 Å². The molecule has 2 aromatic rings. The summed E-state index contributed by atoms with van der Waals surface area (Å²) in [5, 5.41) is 6.52. The van der Waals surface area contributed by atoms with Crippen LogP contribution in [0.5, 0.6) is 0 Å². The predicted octanol–water partition coefficient (Wildman–Crippen LogP) is 1.13. The maximum atomic E-state index is 12.0. The van der Waals surface area contributed by atoms with Crippen LogP contribution in [0.25, 0.3) is 0 Å². The van der Waals surface area contributed by atoms with Gasteiger partial charge >= 0.3 is 0 Å². The lowest BCUT2D eigenvalue weighted by Crippen LogP contribution is -2.31. The Labute approximate surface area is 132 Å². The van der Waals surface area contributed by atoms with Crippen LogP contribution in [-0.4, -0.2) is 32.6 Å². The van der Waals surface area contributed by atoms with E-state index >= 15 is 0 Å². The normalized spacial score (nSPS) is 14.2. The minimum Gasteiger partial charge on any atom is -0.351 e. The van der Waals surface area contributed by atoms with E-state index in [1.807, 2.05) is 13.8 Å². The number of aromatic nitrogens is 4. The van der Waals surface area contributed by atoms with Crippen LogP contribution < -0.4 is 10.9 Å². The lowest BCUT2D eigenvalue weighted by atomic mass is 10.2. The lowest BCUT2D eigenvalue weighted by molar-refractivity contribution is 0.0952. The van der Waals surface area contributed by atoms with Gasteiger partial charge in [-0.25, -0.2) is 4.98 Å². The van der Waals surface area contributed by atoms with Crippen LogP contribution in [0.1, 0.15) is 66.4 Å². The summed E-state index contributed by atoms with van der Waals surface area (Å²) < 4.78 is 5.09. The number of carbonyl (C=O) groups excluding carboxylic acids is 1. The Hall–Kier alpha value is -2.51. The molecule has 1 aliphatic carbocycles. The number of aromatic amines is 1. The molecule has 2 heterocycles. The molecule has 0 saturated heterocycles. The molecule has 0 atom stereocenters. The van der Waals surface area contributed by atoms with Gasteiger partial charge in [0.1, 0.15) is 11.4 Å². The molecule has 0 unspecified atom stereocenters. The van der Waals surface area contributed by atoms with Crippen molar-refractivity contribution in [2.24, 2.45) is 0 Å². The highest BCUT2D eigenvalue weighted by Gasteiger charge is 2.26. The summed E-state index contributed by atoms with van der Waals surface area (Å²) >= 11 is 0. The molecule has 0 aliphatic heterocycles. The smallest absolute Gasteiger partial charge is 0.263 e. The molecule has 1 aliphatic rings. The monoisotopic (exact) mass is 317 g/mol. The van der Waals surface area contributed by atoms with Crippen LogP contribution in [0, 0.1) is 0 Å². The van der Waals surface area contributed by atoms with E-state index in [0.29, 0.717) is 36.4 Å². The van der Waals surface area contributed by atoms with Crippen LogP contribution in [0.15, 0.2) is 15.5 Å². The summed E-state index contributed by atoms with van der Waals surface area (Å²) in [6, 6.07) is 0. The number of carbonyl (C=O) groups is 1. The van der Waals surface area contributed by atoms with Crippen LogP contribution in [0.4, 0.5) is 0 Å². The number of H-pyrrole nitrogens is 1. The first-order valence-corrected chi connectivity index (χ1v) is 7.74. The Morgan fingerprint density at radius 1 is 1.48 bits per heavy atom. The number of hydrogen-bond acceptors (Lipinski definition) is 6. The summed E-state index contributed by atoms with van der Waals surface area (Å²) in [7, 11) is 0. The van der Waals surface area contributed by atoms with Gasteiger partial charge in [-0.3, -0.25) is 9.59 Å². The molecule has 1 amide bonds. The first-order valence-electron chi connectivity index (χ1n) is 7.74. The molecule has 1 fully saturated rings. The van der Waals surface area contributed by atoms with Gasteiger partial charge in [0.25, 0.3) is 11.5 Å². The highest BCUT2D eigenvalue weighted by molar-refractivity contribution is 5.93. The van der Waals surface area contributed by atoms with E-state index < -0.39 is 11.5 Å². The van der Waals surface area contributed by atoms with E-state index in [1.54, 1.807) is 0 Å². The molecule has 23 heavy (non-hydrogen) atoms. The van der Waals surface area contributed by atoms with E-state index in [9.17, 15) is 9.59 Å². The molecule has 2 N–H and O–H groups in total. The molecule has 0 aromatic carbocycles. The Bertz CT molecular complexity index is 760. The Balaban J connectivity index is 1.55. The van der Waals surface area contributed by atoms with Gasteiger partial charge in [-0.15, -0.1) is 0 Å². The zero-order chi connectivity index (χ0) is 16.4. The summed E-state index contributed by atoms with van der Waals surface area (Å²) in [6.45, 7) is 4.24. The third kappa shape index (κ3) is 3.64. The number of nitrogens with one attached hydrogen (secondary N) is 2. The van der Waals surface area contributed by atoms with Gasteiger partial charge in [-0.2, -0.15) is 4.98 Å². The standard InChI is InChI=1S/C15H19N5O3/c1-8(2)15-18-11(20-23-15)5-6-16-13(21)10-7-17-12(9-3-4-9)19-14(10)22/h7-9H,3-6H2,1-2H3,(H,16,21)(H,17,19,22). The number of hydrogen-bond donors (Lipinski definition) is 2. The first-order chi connectivity index (χ1) is 11.0. The molecule has 0 radical (unpaired) electrons. The van der Waals surface area contributed by atoms with Gasteiger partial charge in [0.15, 0.2) is 5.82 Å². The lowest BCUT2D eigenvalue weighted by Gasteiger charge is -2.03. The number of amides is 1. The molecular formula is C15H19N5O3. The molecule has 122 valence electrons. The summed E-state index contributed by atoms with van der Waals surface area (Å²) in [6.07, 6.45) is 3.86. The highest BCUT2D eigenvalue weighted by atomic mass is 16.5. The van der Waals surface area contributed by atoms with Crippen molar-refractivity contribution in [3.8, 4) is 0 Å². The molecule has 2 aromatic heterocycles. The van der Waals surface area contributed by atoms with E-state index in [-0.39, 0.29) is 11.5 Å². The van der Waals surface area contributed by atoms with Gasteiger partial charge in [0.05, 0.1) is 0 Å².